The number of aliphatic hydroxyl groups is 2. The van der Waals surface area contributed by atoms with Gasteiger partial charge in [0.15, 0.2) is 0 Å². The smallest absolute Gasteiger partial charge is 0.240 e. The Kier molecular flexibility index (Phi) is 6.05. The molecular formula is C17H24N2O3. The fourth-order valence-corrected chi connectivity index (χ4v) is 2.46. The van der Waals surface area contributed by atoms with Crippen molar-refractivity contribution in [2.24, 2.45) is 11.5 Å². The molecule has 0 aliphatic heterocycles. The summed E-state index contributed by atoms with van der Waals surface area (Å²) >= 11 is 0. The van der Waals surface area contributed by atoms with Gasteiger partial charge in [-0.25, -0.2) is 0 Å². The van der Waals surface area contributed by atoms with Gasteiger partial charge in [0.05, 0.1) is 6.10 Å². The van der Waals surface area contributed by atoms with Crippen LogP contribution in [0.4, 0.5) is 0 Å². The SMILES string of the molecule is CO.Cc1cc(C[C@@](N)(C(N)=O)[C@@H](C)O)cc2ccccc12. The Morgan fingerprint density at radius 2 is 1.86 bits per heavy atom. The zero-order valence-corrected chi connectivity index (χ0v) is 13.2. The van der Waals surface area contributed by atoms with Crippen molar-refractivity contribution >= 4 is 16.7 Å². The minimum Gasteiger partial charge on any atom is -0.400 e. The fraction of sp³-hybridized carbons (Fsp3) is 0.353. The van der Waals surface area contributed by atoms with E-state index in [4.69, 9.17) is 16.6 Å². The van der Waals surface area contributed by atoms with Crippen molar-refractivity contribution in [3.8, 4) is 0 Å². The molecule has 0 bridgehead atoms. The maximum absolute atomic E-state index is 11.6. The van der Waals surface area contributed by atoms with Crippen molar-refractivity contribution < 1.29 is 15.0 Å². The molecule has 2 atom stereocenters. The molecule has 5 heteroatoms. The van der Waals surface area contributed by atoms with E-state index in [1.54, 1.807) is 0 Å². The van der Waals surface area contributed by atoms with Crippen LogP contribution in [0, 0.1) is 6.92 Å². The second-order valence-corrected chi connectivity index (χ2v) is 5.39. The van der Waals surface area contributed by atoms with Crippen molar-refractivity contribution in [1.82, 2.24) is 0 Å². The molecule has 2 aromatic carbocycles. The summed E-state index contributed by atoms with van der Waals surface area (Å²) < 4.78 is 0. The molecule has 0 spiro atoms. The number of hydrogen-bond donors (Lipinski definition) is 4. The molecule has 0 unspecified atom stereocenters. The van der Waals surface area contributed by atoms with Gasteiger partial charge in [-0.2, -0.15) is 0 Å². The summed E-state index contributed by atoms with van der Waals surface area (Å²) in [5, 5.41) is 19.0. The lowest BCUT2D eigenvalue weighted by Gasteiger charge is -2.29. The molecule has 0 fully saturated rings. The number of hydrogen-bond acceptors (Lipinski definition) is 4. The van der Waals surface area contributed by atoms with Crippen LogP contribution in [0.3, 0.4) is 0 Å². The molecule has 0 aliphatic rings. The standard InChI is InChI=1S/C16H20N2O2.CH4O/c1-10-7-12(8-13-5-3-4-6-14(10)13)9-16(18,11(2)19)15(17)20;1-2/h3-8,11,19H,9,18H2,1-2H3,(H2,17,20);2H,1H3/t11-,16+;/m1./s1. The van der Waals surface area contributed by atoms with Crippen molar-refractivity contribution in [2.45, 2.75) is 31.9 Å². The molecule has 2 rings (SSSR count). The van der Waals surface area contributed by atoms with Crippen LogP contribution in [-0.2, 0) is 11.2 Å². The summed E-state index contributed by atoms with van der Waals surface area (Å²) in [6.07, 6.45) is -0.794. The first-order chi connectivity index (χ1) is 10.3. The molecule has 6 N–H and O–H groups in total. The van der Waals surface area contributed by atoms with Crippen molar-refractivity contribution in [3.05, 3.63) is 47.5 Å². The lowest BCUT2D eigenvalue weighted by Crippen LogP contribution is -2.60. The van der Waals surface area contributed by atoms with Crippen LogP contribution in [0.2, 0.25) is 0 Å². The zero-order chi connectivity index (χ0) is 16.9. The predicted molar refractivity (Wildman–Crippen MR) is 88.3 cm³/mol. The van der Waals surface area contributed by atoms with Crippen LogP contribution < -0.4 is 11.5 Å². The van der Waals surface area contributed by atoms with Crippen LogP contribution in [0.1, 0.15) is 18.1 Å². The number of primary amides is 1. The molecule has 2 aromatic rings. The molecule has 0 heterocycles. The van der Waals surface area contributed by atoms with E-state index in [2.05, 4.69) is 0 Å². The molecule has 1 amide bonds. The maximum atomic E-state index is 11.6. The molecule has 0 saturated heterocycles. The lowest BCUT2D eigenvalue weighted by atomic mass is 9.85. The quantitative estimate of drug-likeness (QED) is 0.671. The van der Waals surface area contributed by atoms with Crippen molar-refractivity contribution in [1.29, 1.82) is 0 Å². The minimum atomic E-state index is -1.45. The number of amides is 1. The van der Waals surface area contributed by atoms with Crippen LogP contribution in [0.25, 0.3) is 10.8 Å². The van der Waals surface area contributed by atoms with Crippen LogP contribution >= 0.6 is 0 Å². The molecule has 120 valence electrons. The average Bonchev–Trinajstić information content (AvgIpc) is 2.49. The molecule has 22 heavy (non-hydrogen) atoms. The van der Waals surface area contributed by atoms with E-state index < -0.39 is 17.6 Å². The summed E-state index contributed by atoms with van der Waals surface area (Å²) in [5.41, 5.74) is 11.9. The summed E-state index contributed by atoms with van der Waals surface area (Å²) in [4.78, 5) is 11.6. The van der Waals surface area contributed by atoms with E-state index in [9.17, 15) is 9.90 Å². The third-order valence-electron chi connectivity index (χ3n) is 3.83. The molecule has 0 radical (unpaired) electrons. The summed E-state index contributed by atoms with van der Waals surface area (Å²) in [7, 11) is 1.00. The van der Waals surface area contributed by atoms with Gasteiger partial charge < -0.3 is 21.7 Å². The Labute approximate surface area is 130 Å². The Bertz CT molecular complexity index is 655. The van der Waals surface area contributed by atoms with Crippen LogP contribution in [0.15, 0.2) is 36.4 Å². The van der Waals surface area contributed by atoms with E-state index in [0.29, 0.717) is 0 Å². The monoisotopic (exact) mass is 304 g/mol. The Morgan fingerprint density at radius 1 is 1.27 bits per heavy atom. The highest BCUT2D eigenvalue weighted by Gasteiger charge is 2.37. The summed E-state index contributed by atoms with van der Waals surface area (Å²) in [6, 6.07) is 12.0. The average molecular weight is 304 g/mol. The number of nitrogens with two attached hydrogens (primary N) is 2. The first-order valence-corrected chi connectivity index (χ1v) is 7.04. The van der Waals surface area contributed by atoms with Crippen LogP contribution in [-0.4, -0.2) is 34.9 Å². The van der Waals surface area contributed by atoms with E-state index >= 15 is 0 Å². The zero-order valence-electron chi connectivity index (χ0n) is 13.2. The molecular weight excluding hydrogens is 280 g/mol. The Balaban J connectivity index is 0.00000116. The molecule has 0 aromatic heterocycles. The second-order valence-electron chi connectivity index (χ2n) is 5.39. The highest BCUT2D eigenvalue weighted by Crippen LogP contribution is 2.23. The third-order valence-corrected chi connectivity index (χ3v) is 3.83. The molecule has 5 nitrogen and oxygen atoms in total. The predicted octanol–water partition coefficient (Wildman–Crippen LogP) is 0.863. The van der Waals surface area contributed by atoms with E-state index in [1.807, 2.05) is 43.3 Å². The maximum Gasteiger partial charge on any atom is 0.240 e. The van der Waals surface area contributed by atoms with Crippen molar-refractivity contribution in [2.75, 3.05) is 7.11 Å². The largest absolute Gasteiger partial charge is 0.400 e. The number of carbonyl (C=O) groups is 1. The van der Waals surface area contributed by atoms with Gasteiger partial charge in [0.25, 0.3) is 0 Å². The number of carbonyl (C=O) groups excluding carboxylic acids is 1. The lowest BCUT2D eigenvalue weighted by molar-refractivity contribution is -0.126. The summed E-state index contributed by atoms with van der Waals surface area (Å²) in [6.45, 7) is 3.50. The van der Waals surface area contributed by atoms with Gasteiger partial charge in [0.1, 0.15) is 5.54 Å². The molecule has 0 saturated carbocycles. The Hall–Kier alpha value is -1.95. The van der Waals surface area contributed by atoms with E-state index in [-0.39, 0.29) is 6.42 Å². The number of rotatable bonds is 4. The first-order valence-electron chi connectivity index (χ1n) is 7.04. The van der Waals surface area contributed by atoms with Crippen LogP contribution in [0.5, 0.6) is 0 Å². The van der Waals surface area contributed by atoms with Gasteiger partial charge >= 0.3 is 0 Å². The number of aryl methyl sites for hydroxylation is 1. The number of fused-ring (bicyclic) bond motifs is 1. The topological polar surface area (TPSA) is 110 Å². The third kappa shape index (κ3) is 3.62. The highest BCUT2D eigenvalue weighted by molar-refractivity contribution is 5.88. The number of aliphatic hydroxyl groups excluding tert-OH is 2. The second kappa shape index (κ2) is 7.35. The van der Waals surface area contributed by atoms with Gasteiger partial charge in [0, 0.05) is 13.5 Å². The van der Waals surface area contributed by atoms with Gasteiger partial charge in [-0.3, -0.25) is 4.79 Å². The van der Waals surface area contributed by atoms with Crippen molar-refractivity contribution in [3.63, 3.8) is 0 Å². The molecule has 0 aliphatic carbocycles. The fourth-order valence-electron chi connectivity index (χ4n) is 2.46. The van der Waals surface area contributed by atoms with Gasteiger partial charge in [-0.1, -0.05) is 36.4 Å². The summed E-state index contributed by atoms with van der Waals surface area (Å²) in [5.74, 6) is -0.696. The van der Waals surface area contributed by atoms with E-state index in [1.165, 1.54) is 6.92 Å². The minimum absolute atomic E-state index is 0.214. The van der Waals surface area contributed by atoms with Gasteiger partial charge in [0.2, 0.25) is 5.91 Å². The van der Waals surface area contributed by atoms with E-state index in [0.717, 1.165) is 29.0 Å². The number of benzene rings is 2. The Morgan fingerprint density at radius 3 is 2.41 bits per heavy atom. The first kappa shape index (κ1) is 18.1. The van der Waals surface area contributed by atoms with Gasteiger partial charge in [-0.15, -0.1) is 0 Å². The van der Waals surface area contributed by atoms with Gasteiger partial charge in [-0.05, 0) is 35.7 Å². The normalized spacial score (nSPS) is 14.6. The highest BCUT2D eigenvalue weighted by atomic mass is 16.3.